The van der Waals surface area contributed by atoms with Crippen LogP contribution in [0.4, 0.5) is 11.4 Å². The molecule has 0 radical (unpaired) electrons. The lowest BCUT2D eigenvalue weighted by Crippen LogP contribution is -2.20. The molecular formula is C22H17ClN4O6. The number of benzene rings is 3. The third kappa shape index (κ3) is 6.58. The second-order valence-corrected chi connectivity index (χ2v) is 7.15. The van der Waals surface area contributed by atoms with Crippen molar-refractivity contribution in [2.45, 2.75) is 13.0 Å². The highest BCUT2D eigenvalue weighted by Gasteiger charge is 2.20. The van der Waals surface area contributed by atoms with Gasteiger partial charge in [0.15, 0.2) is 0 Å². The van der Waals surface area contributed by atoms with E-state index < -0.39 is 27.1 Å². The van der Waals surface area contributed by atoms with Crippen LogP contribution in [0.5, 0.6) is 5.75 Å². The van der Waals surface area contributed by atoms with Crippen molar-refractivity contribution in [1.82, 2.24) is 5.43 Å². The molecule has 0 bridgehead atoms. The van der Waals surface area contributed by atoms with Crippen molar-refractivity contribution in [1.29, 1.82) is 0 Å². The lowest BCUT2D eigenvalue weighted by atomic mass is 10.1. The third-order valence-corrected chi connectivity index (χ3v) is 4.83. The van der Waals surface area contributed by atoms with Crippen LogP contribution in [0.15, 0.2) is 71.8 Å². The molecular weight excluding hydrogens is 452 g/mol. The van der Waals surface area contributed by atoms with E-state index in [9.17, 15) is 25.0 Å². The lowest BCUT2D eigenvalue weighted by molar-refractivity contribution is -0.394. The summed E-state index contributed by atoms with van der Waals surface area (Å²) in [5.74, 6) is 0.0180. The number of hydrogen-bond donors (Lipinski definition) is 1. The Labute approximate surface area is 192 Å². The Bertz CT molecular complexity index is 1210. The number of rotatable bonds is 9. The van der Waals surface area contributed by atoms with Crippen LogP contribution in [0, 0.1) is 20.2 Å². The molecule has 33 heavy (non-hydrogen) atoms. The molecule has 0 aliphatic carbocycles. The topological polar surface area (TPSA) is 137 Å². The number of nitrogens with one attached hydrogen (secondary N) is 1. The number of nitrogens with zero attached hydrogens (tertiary/aromatic N) is 3. The Morgan fingerprint density at radius 1 is 1.00 bits per heavy atom. The van der Waals surface area contributed by atoms with E-state index in [1.165, 1.54) is 12.3 Å². The number of hydrazone groups is 1. The van der Waals surface area contributed by atoms with Gasteiger partial charge in [-0.2, -0.15) is 5.10 Å². The quantitative estimate of drug-likeness (QED) is 0.280. The SMILES string of the molecule is O=C(Cc1ccc([N+](=O)[O-])cc1[N+](=O)[O-])NN=Cc1ccc(OCc2ccccc2Cl)cc1. The highest BCUT2D eigenvalue weighted by Crippen LogP contribution is 2.25. The number of hydrogen-bond acceptors (Lipinski definition) is 7. The first-order valence-corrected chi connectivity index (χ1v) is 9.91. The van der Waals surface area contributed by atoms with E-state index in [4.69, 9.17) is 16.3 Å². The summed E-state index contributed by atoms with van der Waals surface area (Å²) in [7, 11) is 0. The van der Waals surface area contributed by atoms with E-state index in [0.717, 1.165) is 17.7 Å². The van der Waals surface area contributed by atoms with Crippen molar-refractivity contribution in [3.05, 3.63) is 109 Å². The van der Waals surface area contributed by atoms with Gasteiger partial charge >= 0.3 is 0 Å². The fourth-order valence-corrected chi connectivity index (χ4v) is 2.99. The molecule has 0 heterocycles. The number of halogens is 1. The van der Waals surface area contributed by atoms with Crippen LogP contribution < -0.4 is 10.2 Å². The van der Waals surface area contributed by atoms with Crippen molar-refractivity contribution < 1.29 is 19.4 Å². The van der Waals surface area contributed by atoms with Gasteiger partial charge in [0.1, 0.15) is 12.4 Å². The smallest absolute Gasteiger partial charge is 0.279 e. The number of carbonyl (C=O) groups excluding carboxylic acids is 1. The number of nitro groups is 2. The molecule has 0 saturated carbocycles. The predicted molar refractivity (Wildman–Crippen MR) is 121 cm³/mol. The Hall–Kier alpha value is -4.31. The van der Waals surface area contributed by atoms with Crippen molar-refractivity contribution in [3.8, 4) is 5.75 Å². The molecule has 0 fully saturated rings. The lowest BCUT2D eigenvalue weighted by Gasteiger charge is -2.07. The summed E-state index contributed by atoms with van der Waals surface area (Å²) in [5, 5.41) is 26.4. The molecule has 0 spiro atoms. The van der Waals surface area contributed by atoms with Gasteiger partial charge in [0.2, 0.25) is 5.91 Å². The van der Waals surface area contributed by atoms with Crippen LogP contribution in [0.2, 0.25) is 5.02 Å². The largest absolute Gasteiger partial charge is 0.489 e. The first-order chi connectivity index (χ1) is 15.8. The Balaban J connectivity index is 1.54. The van der Waals surface area contributed by atoms with Gasteiger partial charge in [0.25, 0.3) is 11.4 Å². The number of non-ortho nitro benzene ring substituents is 1. The Morgan fingerprint density at radius 3 is 2.39 bits per heavy atom. The van der Waals surface area contributed by atoms with E-state index in [0.29, 0.717) is 22.9 Å². The van der Waals surface area contributed by atoms with Crippen molar-refractivity contribution >= 4 is 35.1 Å². The van der Waals surface area contributed by atoms with Gasteiger partial charge in [-0.1, -0.05) is 29.8 Å². The molecule has 0 aliphatic heterocycles. The second-order valence-electron chi connectivity index (χ2n) is 6.75. The zero-order valence-corrected chi connectivity index (χ0v) is 17.8. The molecule has 168 valence electrons. The number of carbonyl (C=O) groups is 1. The summed E-state index contributed by atoms with van der Waals surface area (Å²) in [6.07, 6.45) is 1.04. The molecule has 0 atom stereocenters. The summed E-state index contributed by atoms with van der Waals surface area (Å²) < 4.78 is 5.69. The van der Waals surface area contributed by atoms with E-state index in [-0.39, 0.29) is 12.0 Å². The minimum absolute atomic E-state index is 0.0401. The standard InChI is InChI=1S/C22H17ClN4O6/c23-20-4-2-1-3-17(20)14-33-19-9-5-15(6-10-19)13-24-25-22(28)11-16-7-8-18(26(29)30)12-21(16)27(31)32/h1-10,12-13H,11,14H2,(H,25,28). The summed E-state index contributed by atoms with van der Waals surface area (Å²) in [4.78, 5) is 32.5. The van der Waals surface area contributed by atoms with E-state index in [1.807, 2.05) is 18.2 Å². The van der Waals surface area contributed by atoms with E-state index in [2.05, 4.69) is 10.5 Å². The number of ether oxygens (including phenoxy) is 1. The molecule has 1 amide bonds. The molecule has 1 N–H and O–H groups in total. The maximum Gasteiger partial charge on any atom is 0.279 e. The van der Waals surface area contributed by atoms with Gasteiger partial charge < -0.3 is 4.74 Å². The molecule has 0 aliphatic rings. The van der Waals surface area contributed by atoms with Crippen molar-refractivity contribution in [2.75, 3.05) is 0 Å². The zero-order valence-electron chi connectivity index (χ0n) is 17.0. The zero-order chi connectivity index (χ0) is 23.8. The van der Waals surface area contributed by atoms with Gasteiger partial charge in [-0.25, -0.2) is 5.43 Å². The van der Waals surface area contributed by atoms with Gasteiger partial charge in [0.05, 0.1) is 28.5 Å². The summed E-state index contributed by atoms with van der Waals surface area (Å²) in [5.41, 5.74) is 2.93. The van der Waals surface area contributed by atoms with Crippen LogP contribution in [0.25, 0.3) is 0 Å². The average Bonchev–Trinajstić information content (AvgIpc) is 2.79. The molecule has 0 aromatic heterocycles. The van der Waals surface area contributed by atoms with Gasteiger partial charge in [-0.3, -0.25) is 25.0 Å². The number of nitro benzene ring substituents is 2. The van der Waals surface area contributed by atoms with Crippen LogP contribution >= 0.6 is 11.6 Å². The number of amides is 1. The van der Waals surface area contributed by atoms with Gasteiger partial charge in [-0.05, 0) is 42.0 Å². The van der Waals surface area contributed by atoms with Gasteiger partial charge in [-0.15, -0.1) is 0 Å². The first kappa shape index (κ1) is 23.4. The maximum atomic E-state index is 12.1. The average molecular weight is 469 g/mol. The molecule has 0 unspecified atom stereocenters. The fourth-order valence-electron chi connectivity index (χ4n) is 2.80. The summed E-state index contributed by atoms with van der Waals surface area (Å²) in [6.45, 7) is 0.317. The van der Waals surface area contributed by atoms with Crippen LogP contribution in [0.1, 0.15) is 16.7 Å². The second kappa shape index (κ2) is 10.8. The molecule has 3 aromatic carbocycles. The van der Waals surface area contributed by atoms with Crippen molar-refractivity contribution in [3.63, 3.8) is 0 Å². The Kier molecular flexibility index (Phi) is 7.66. The molecule has 3 aromatic rings. The predicted octanol–water partition coefficient (Wildman–Crippen LogP) is 4.43. The first-order valence-electron chi connectivity index (χ1n) is 9.53. The highest BCUT2D eigenvalue weighted by molar-refractivity contribution is 6.31. The fraction of sp³-hybridized carbons (Fsp3) is 0.0909. The van der Waals surface area contributed by atoms with Crippen molar-refractivity contribution in [2.24, 2.45) is 5.10 Å². The normalized spacial score (nSPS) is 10.7. The third-order valence-electron chi connectivity index (χ3n) is 4.46. The van der Waals surface area contributed by atoms with E-state index in [1.54, 1.807) is 30.3 Å². The minimum atomic E-state index is -0.770. The Morgan fingerprint density at radius 2 is 1.73 bits per heavy atom. The monoisotopic (exact) mass is 468 g/mol. The molecule has 10 nitrogen and oxygen atoms in total. The van der Waals surface area contributed by atoms with Gasteiger partial charge in [0, 0.05) is 22.2 Å². The minimum Gasteiger partial charge on any atom is -0.489 e. The van der Waals surface area contributed by atoms with Crippen LogP contribution in [-0.2, 0) is 17.8 Å². The summed E-state index contributed by atoms with van der Waals surface area (Å²) in [6, 6.07) is 17.4. The summed E-state index contributed by atoms with van der Waals surface area (Å²) >= 11 is 6.10. The maximum absolute atomic E-state index is 12.1. The van der Waals surface area contributed by atoms with Crippen LogP contribution in [0.3, 0.4) is 0 Å². The molecule has 11 heteroatoms. The van der Waals surface area contributed by atoms with E-state index >= 15 is 0 Å². The highest BCUT2D eigenvalue weighted by atomic mass is 35.5. The molecule has 3 rings (SSSR count). The molecule has 0 saturated heterocycles. The van der Waals surface area contributed by atoms with Crippen LogP contribution in [-0.4, -0.2) is 22.0 Å².